The zero-order chi connectivity index (χ0) is 75.1. The number of alkyl halides is 2. The minimum Gasteiger partial charge on any atom is -0.497 e. The highest BCUT2D eigenvalue weighted by molar-refractivity contribution is 5.98. The summed E-state index contributed by atoms with van der Waals surface area (Å²) in [6.07, 6.45) is 16.3. The van der Waals surface area contributed by atoms with Crippen molar-refractivity contribution >= 4 is 85.2 Å². The maximum Gasteiger partial charge on any atom is 0.272 e. The van der Waals surface area contributed by atoms with Crippen LogP contribution >= 0.6 is 0 Å². The van der Waals surface area contributed by atoms with Crippen molar-refractivity contribution in [3.05, 3.63) is 242 Å². The van der Waals surface area contributed by atoms with Gasteiger partial charge in [-0.3, -0.25) is 24.7 Å². The van der Waals surface area contributed by atoms with Crippen LogP contribution in [0.25, 0.3) is 78.3 Å². The van der Waals surface area contributed by atoms with Crippen LogP contribution in [-0.4, -0.2) is 134 Å². The number of hydrogen-bond donors (Lipinski definition) is 7. The van der Waals surface area contributed by atoms with Crippen LogP contribution in [0.3, 0.4) is 0 Å². The van der Waals surface area contributed by atoms with E-state index in [-0.39, 0.29) is 17.1 Å². The number of rotatable bonds is 19. The quantitative estimate of drug-likeness (QED) is 0.0396. The van der Waals surface area contributed by atoms with Gasteiger partial charge < -0.3 is 60.1 Å². The van der Waals surface area contributed by atoms with Crippen LogP contribution in [-0.2, 0) is 18.3 Å². The van der Waals surface area contributed by atoms with Crippen LogP contribution in [0.1, 0.15) is 54.5 Å². The first-order valence-corrected chi connectivity index (χ1v) is 34.4. The number of carbonyl (C=O) groups excluding carboxylic acids is 1. The topological polar surface area (TPSA) is 307 Å². The molecule has 0 fully saturated rings. The standard InChI is InChI=1S/C22H20F2N6O2.C22H23N5O.C19H18N4O.C18H15N5O/c1-30(2)21(31)19-10-13-9-14(3-4-16(13)28-19)27-22-26-8-6-17(29-22)18-11-15(5-7-25-18)32-12-20(23)24;1-22(2,3)20-12-14-11-15(5-6-17(14)26-20)25-21-24-10-8-18(27-21)19-13-16(28-4)7-9-23-19;1-24-16-7-9-20-18(12-16)17-8-10-21-19(23-17)22-15-6-5-13-3-2-4-14(13)11-15;1-24-14-5-8-20-17(11-14)15-6-9-21-18(23-15)22-13-3-2-12-4-7-19-16(12)10-13/h3-11,20,28H,12H2,1-2H3,(H,26,27,29);5-13,26H,1-4H3,(H,24,25,27);5-12H,2-4H2,1H3,(H,21,22,23);2-11,19H,1H3,(H,21,22,23). The molecule has 16 rings (SSSR count). The van der Waals surface area contributed by atoms with Gasteiger partial charge in [0, 0.05) is 155 Å². The van der Waals surface area contributed by atoms with Crippen molar-refractivity contribution < 1.29 is 32.5 Å². The largest absolute Gasteiger partial charge is 0.497 e. The SMILES string of the molecule is CN(C)C(=O)c1cc2cc(Nc3nccc(-c4cc(OCC(F)F)ccn4)n3)ccc2[nH]1.COc1ccnc(-c2ccnc(Nc3ccc4[nH]c(C(C)(C)C)cc4c3)n2)c1.COc1ccnc(-c2ccnc(Nc3ccc4c(c3)CCC4)n2)c1.COc1ccnc(-c2ccnc(Nc3ccc4cc[nH]c4c3)n2)c1. The lowest BCUT2D eigenvalue weighted by Gasteiger charge is -2.15. The highest BCUT2D eigenvalue weighted by atomic mass is 19.3. The molecule has 0 aliphatic heterocycles. The van der Waals surface area contributed by atoms with Crippen LogP contribution < -0.4 is 40.2 Å². The molecular weight excluding hydrogens is 1370 g/mol. The Kier molecular flexibility index (Phi) is 22.3. The second-order valence-electron chi connectivity index (χ2n) is 25.9. The third-order valence-corrected chi connectivity index (χ3v) is 17.0. The molecule has 11 aromatic heterocycles. The Hall–Kier alpha value is -13.9. The van der Waals surface area contributed by atoms with Crippen molar-refractivity contribution in [1.82, 2.24) is 79.7 Å². The molecule has 1 aliphatic rings. The van der Waals surface area contributed by atoms with Crippen LogP contribution in [0.5, 0.6) is 23.0 Å². The first-order chi connectivity index (χ1) is 52.4. The number of carbonyl (C=O) groups is 1. The van der Waals surface area contributed by atoms with Gasteiger partial charge in [-0.2, -0.15) is 0 Å². The molecule has 108 heavy (non-hydrogen) atoms. The van der Waals surface area contributed by atoms with E-state index in [4.69, 9.17) is 18.9 Å². The predicted octanol–water partition coefficient (Wildman–Crippen LogP) is 16.7. The summed E-state index contributed by atoms with van der Waals surface area (Å²) in [5.41, 5.74) is 16.7. The first kappa shape index (κ1) is 72.5. The fourth-order valence-corrected chi connectivity index (χ4v) is 11.6. The monoisotopic (exact) mass is 1450 g/mol. The van der Waals surface area contributed by atoms with Crippen molar-refractivity contribution in [2.24, 2.45) is 0 Å². The number of methoxy groups -OCH3 is 3. The molecular formula is C81H76F2N20O5. The lowest BCUT2D eigenvalue weighted by molar-refractivity contribution is 0.0816. The maximum absolute atomic E-state index is 12.4. The Morgan fingerprint density at radius 1 is 0.435 bits per heavy atom. The molecule has 1 amide bonds. The van der Waals surface area contributed by atoms with E-state index in [1.54, 1.807) is 103 Å². The van der Waals surface area contributed by atoms with Gasteiger partial charge in [0.15, 0.2) is 0 Å². The summed E-state index contributed by atoms with van der Waals surface area (Å²) in [7, 11) is 8.29. The van der Waals surface area contributed by atoms with Crippen molar-refractivity contribution in [1.29, 1.82) is 0 Å². The van der Waals surface area contributed by atoms with Gasteiger partial charge in [0.05, 0.1) is 66.9 Å². The summed E-state index contributed by atoms with van der Waals surface area (Å²) in [6.45, 7) is 5.90. The molecule has 15 aromatic rings. The second kappa shape index (κ2) is 33.3. The van der Waals surface area contributed by atoms with Gasteiger partial charge in [0.1, 0.15) is 35.3 Å². The molecule has 25 nitrogen and oxygen atoms in total. The van der Waals surface area contributed by atoms with Gasteiger partial charge in [0.25, 0.3) is 12.3 Å². The number of nitrogens with zero attached hydrogens (tertiary/aromatic N) is 13. The minimum atomic E-state index is -2.56. The zero-order valence-corrected chi connectivity index (χ0v) is 60.3. The third-order valence-electron chi connectivity index (χ3n) is 17.0. The third kappa shape index (κ3) is 18.6. The number of benzene rings is 4. The summed E-state index contributed by atoms with van der Waals surface area (Å²) < 4.78 is 45.6. The number of anilines is 8. The van der Waals surface area contributed by atoms with Gasteiger partial charge in [0.2, 0.25) is 23.8 Å². The van der Waals surface area contributed by atoms with E-state index in [0.29, 0.717) is 40.9 Å². The normalized spacial score (nSPS) is 11.5. The highest BCUT2D eigenvalue weighted by Gasteiger charge is 2.19. The van der Waals surface area contributed by atoms with Gasteiger partial charge in [-0.1, -0.05) is 32.9 Å². The Morgan fingerprint density at radius 2 is 0.852 bits per heavy atom. The van der Waals surface area contributed by atoms with E-state index < -0.39 is 13.0 Å². The molecule has 4 aromatic carbocycles. The summed E-state index contributed by atoms with van der Waals surface area (Å²) in [6, 6.07) is 51.5. The number of aromatic nitrogens is 15. The van der Waals surface area contributed by atoms with E-state index in [0.717, 1.165) is 113 Å². The molecule has 0 spiro atoms. The number of aromatic amines is 3. The second-order valence-corrected chi connectivity index (χ2v) is 25.9. The molecule has 27 heteroatoms. The number of pyridine rings is 4. The number of fused-ring (bicyclic) bond motifs is 4. The summed E-state index contributed by atoms with van der Waals surface area (Å²) in [4.78, 5) is 76.1. The van der Waals surface area contributed by atoms with Gasteiger partial charge in [-0.05, 0) is 163 Å². The molecule has 0 radical (unpaired) electrons. The number of aryl methyl sites for hydroxylation is 2. The molecule has 1 aliphatic carbocycles. The maximum atomic E-state index is 12.4. The van der Waals surface area contributed by atoms with Gasteiger partial charge >= 0.3 is 0 Å². The lowest BCUT2D eigenvalue weighted by atomic mass is 9.92. The first-order valence-electron chi connectivity index (χ1n) is 34.4. The predicted molar refractivity (Wildman–Crippen MR) is 415 cm³/mol. The van der Waals surface area contributed by atoms with Crippen molar-refractivity contribution in [2.45, 2.75) is 51.9 Å². The van der Waals surface area contributed by atoms with Gasteiger partial charge in [-0.25, -0.2) is 48.7 Å². The van der Waals surface area contributed by atoms with Crippen molar-refractivity contribution in [3.63, 3.8) is 0 Å². The zero-order valence-electron chi connectivity index (χ0n) is 60.3. The molecule has 0 saturated carbocycles. The van der Waals surface area contributed by atoms with E-state index in [1.807, 2.05) is 103 Å². The molecule has 0 saturated heterocycles. The summed E-state index contributed by atoms with van der Waals surface area (Å²) in [5.74, 6) is 4.35. The number of ether oxygens (including phenoxy) is 4. The van der Waals surface area contributed by atoms with E-state index in [2.05, 4.69) is 153 Å². The molecule has 544 valence electrons. The number of halogens is 2. The number of nitrogens with one attached hydrogen (secondary N) is 7. The Balaban J connectivity index is 0.000000128. The molecule has 11 heterocycles. The number of H-pyrrole nitrogens is 3. The molecule has 7 N–H and O–H groups in total. The van der Waals surface area contributed by atoms with Crippen LogP contribution in [0, 0.1) is 0 Å². The Morgan fingerprint density at radius 3 is 1.32 bits per heavy atom. The van der Waals surface area contributed by atoms with Crippen LogP contribution in [0.4, 0.5) is 55.3 Å². The van der Waals surface area contributed by atoms with Gasteiger partial charge in [-0.15, -0.1) is 0 Å². The van der Waals surface area contributed by atoms with E-state index in [1.165, 1.54) is 46.8 Å². The van der Waals surface area contributed by atoms with E-state index in [9.17, 15) is 13.6 Å². The van der Waals surface area contributed by atoms with Crippen molar-refractivity contribution in [3.8, 4) is 68.5 Å². The minimum absolute atomic E-state index is 0.0772. The van der Waals surface area contributed by atoms with Crippen molar-refractivity contribution in [2.75, 3.05) is 63.3 Å². The number of amides is 1. The average Bonchev–Trinajstić information content (AvgIpc) is 1.52. The molecule has 0 bridgehead atoms. The Labute approximate surface area is 620 Å². The highest BCUT2D eigenvalue weighted by Crippen LogP contribution is 2.32. The number of hydrogen-bond acceptors (Lipinski definition) is 21. The Bertz CT molecular complexity index is 5630. The molecule has 0 unspecified atom stereocenters. The lowest BCUT2D eigenvalue weighted by Crippen LogP contribution is -2.21. The van der Waals surface area contributed by atoms with E-state index >= 15 is 0 Å². The fourth-order valence-electron chi connectivity index (χ4n) is 11.6. The summed E-state index contributed by atoms with van der Waals surface area (Å²) in [5, 5.41) is 16.1. The fraction of sp³-hybridized carbons (Fsp3) is 0.173. The average molecular weight is 1450 g/mol. The smallest absolute Gasteiger partial charge is 0.272 e. The van der Waals surface area contributed by atoms with Crippen LogP contribution in [0.15, 0.2) is 220 Å². The molecule has 0 atom stereocenters. The van der Waals surface area contributed by atoms with Crippen LogP contribution in [0.2, 0.25) is 0 Å². The summed E-state index contributed by atoms with van der Waals surface area (Å²) >= 11 is 0.